The quantitative estimate of drug-likeness (QED) is 0.774. The van der Waals surface area contributed by atoms with Gasteiger partial charge >= 0.3 is 0 Å². The van der Waals surface area contributed by atoms with E-state index in [1.165, 1.54) is 16.2 Å². The van der Waals surface area contributed by atoms with E-state index in [-0.39, 0.29) is 5.91 Å². The number of aromatic nitrogens is 1. The van der Waals surface area contributed by atoms with Crippen molar-refractivity contribution in [3.63, 3.8) is 0 Å². The SMILES string of the molecule is CCc1ccc(CNC(=O)c2sc3cccnc3c2N)s1. The molecule has 3 aromatic rings. The van der Waals surface area contributed by atoms with Gasteiger partial charge in [0, 0.05) is 16.0 Å². The predicted octanol–water partition coefficient (Wildman–Crippen LogP) is 3.43. The summed E-state index contributed by atoms with van der Waals surface area (Å²) in [7, 11) is 0. The molecule has 108 valence electrons. The molecular weight excluding hydrogens is 302 g/mol. The van der Waals surface area contributed by atoms with Gasteiger partial charge in [-0.15, -0.1) is 22.7 Å². The molecule has 0 bridgehead atoms. The van der Waals surface area contributed by atoms with Gasteiger partial charge in [-0.3, -0.25) is 9.78 Å². The third kappa shape index (κ3) is 2.77. The van der Waals surface area contributed by atoms with Crippen LogP contribution in [0.4, 0.5) is 5.69 Å². The molecule has 3 rings (SSSR count). The van der Waals surface area contributed by atoms with Crippen LogP contribution in [-0.4, -0.2) is 10.9 Å². The van der Waals surface area contributed by atoms with Crippen LogP contribution < -0.4 is 11.1 Å². The summed E-state index contributed by atoms with van der Waals surface area (Å²) >= 11 is 3.11. The number of nitrogens with zero attached hydrogens (tertiary/aromatic N) is 1. The molecule has 3 aromatic heterocycles. The summed E-state index contributed by atoms with van der Waals surface area (Å²) in [5, 5.41) is 2.93. The molecule has 0 radical (unpaired) electrons. The molecule has 0 saturated carbocycles. The van der Waals surface area contributed by atoms with Crippen LogP contribution in [0.2, 0.25) is 0 Å². The topological polar surface area (TPSA) is 68.0 Å². The van der Waals surface area contributed by atoms with Gasteiger partial charge in [0.1, 0.15) is 10.4 Å². The van der Waals surface area contributed by atoms with E-state index in [4.69, 9.17) is 5.73 Å². The smallest absolute Gasteiger partial charge is 0.263 e. The van der Waals surface area contributed by atoms with Crippen LogP contribution >= 0.6 is 22.7 Å². The minimum atomic E-state index is -0.137. The maximum atomic E-state index is 12.3. The van der Waals surface area contributed by atoms with E-state index in [0.29, 0.717) is 22.6 Å². The Bertz CT molecular complexity index is 791. The highest BCUT2D eigenvalue weighted by Crippen LogP contribution is 2.31. The summed E-state index contributed by atoms with van der Waals surface area (Å²) in [6.07, 6.45) is 2.71. The second-order valence-corrected chi connectivity index (χ2v) is 6.90. The molecule has 1 amide bonds. The summed E-state index contributed by atoms with van der Waals surface area (Å²) < 4.78 is 0.935. The third-order valence-corrected chi connectivity index (χ3v) is 5.57. The molecule has 6 heteroatoms. The number of thiophene rings is 2. The lowest BCUT2D eigenvalue weighted by Gasteiger charge is -2.02. The molecule has 0 spiro atoms. The van der Waals surface area contributed by atoms with Crippen LogP contribution in [0.25, 0.3) is 10.2 Å². The average molecular weight is 317 g/mol. The summed E-state index contributed by atoms with van der Waals surface area (Å²) in [5.41, 5.74) is 7.20. The van der Waals surface area contributed by atoms with Crippen molar-refractivity contribution in [2.75, 3.05) is 5.73 Å². The normalized spacial score (nSPS) is 10.9. The molecule has 0 fully saturated rings. The summed E-state index contributed by atoms with van der Waals surface area (Å²) in [4.78, 5) is 19.5. The van der Waals surface area contributed by atoms with Crippen molar-refractivity contribution in [3.05, 3.63) is 45.1 Å². The molecule has 0 saturated heterocycles. The van der Waals surface area contributed by atoms with Crippen molar-refractivity contribution >= 4 is 44.5 Å². The number of nitrogen functional groups attached to an aromatic ring is 1. The first-order valence-corrected chi connectivity index (χ1v) is 8.31. The number of nitrogens with two attached hydrogens (primary N) is 1. The second kappa shape index (κ2) is 5.83. The Labute approximate surface area is 130 Å². The van der Waals surface area contributed by atoms with Gasteiger partial charge in [-0.2, -0.15) is 0 Å². The Morgan fingerprint density at radius 2 is 2.10 bits per heavy atom. The molecule has 3 N–H and O–H groups in total. The lowest BCUT2D eigenvalue weighted by molar-refractivity contribution is 0.0956. The monoisotopic (exact) mass is 317 g/mol. The maximum Gasteiger partial charge on any atom is 0.263 e. The van der Waals surface area contributed by atoms with Crippen molar-refractivity contribution in [3.8, 4) is 0 Å². The van der Waals surface area contributed by atoms with Crippen molar-refractivity contribution in [2.24, 2.45) is 0 Å². The van der Waals surface area contributed by atoms with E-state index in [2.05, 4.69) is 29.4 Å². The molecular formula is C15H15N3OS2. The van der Waals surface area contributed by atoms with Gasteiger partial charge in [0.15, 0.2) is 0 Å². The number of nitrogens with one attached hydrogen (secondary N) is 1. The molecule has 0 atom stereocenters. The second-order valence-electron chi connectivity index (χ2n) is 4.60. The molecule has 21 heavy (non-hydrogen) atoms. The van der Waals surface area contributed by atoms with Crippen molar-refractivity contribution < 1.29 is 4.79 Å². The number of hydrogen-bond donors (Lipinski definition) is 2. The fourth-order valence-corrected chi connectivity index (χ4v) is 3.97. The van der Waals surface area contributed by atoms with Gasteiger partial charge in [0.05, 0.1) is 16.9 Å². The highest BCUT2D eigenvalue weighted by molar-refractivity contribution is 7.21. The number of carbonyl (C=O) groups excluding carboxylic acids is 1. The number of hydrogen-bond acceptors (Lipinski definition) is 5. The van der Waals surface area contributed by atoms with E-state index >= 15 is 0 Å². The number of aryl methyl sites for hydroxylation is 1. The van der Waals surface area contributed by atoms with Crippen LogP contribution in [0.5, 0.6) is 0 Å². The largest absolute Gasteiger partial charge is 0.396 e. The van der Waals surface area contributed by atoms with Gasteiger partial charge in [-0.05, 0) is 30.7 Å². The lowest BCUT2D eigenvalue weighted by atomic mass is 10.3. The van der Waals surface area contributed by atoms with E-state index in [9.17, 15) is 4.79 Å². The van der Waals surface area contributed by atoms with Gasteiger partial charge in [-0.1, -0.05) is 6.92 Å². The molecule has 0 unspecified atom stereocenters. The van der Waals surface area contributed by atoms with Crippen molar-refractivity contribution in [1.29, 1.82) is 0 Å². The minimum absolute atomic E-state index is 0.137. The first-order chi connectivity index (χ1) is 10.2. The zero-order valence-electron chi connectivity index (χ0n) is 11.6. The number of carbonyl (C=O) groups is 1. The highest BCUT2D eigenvalue weighted by atomic mass is 32.1. The first kappa shape index (κ1) is 14.0. The number of rotatable bonds is 4. The molecule has 0 aliphatic heterocycles. The number of anilines is 1. The Kier molecular flexibility index (Phi) is 3.90. The Hall–Kier alpha value is -1.92. The fourth-order valence-electron chi connectivity index (χ4n) is 2.07. The zero-order valence-corrected chi connectivity index (χ0v) is 13.2. The van der Waals surface area contributed by atoms with Crippen LogP contribution in [0.15, 0.2) is 30.5 Å². The van der Waals surface area contributed by atoms with Crippen LogP contribution in [0, 0.1) is 0 Å². The van der Waals surface area contributed by atoms with Crippen LogP contribution in [0.3, 0.4) is 0 Å². The first-order valence-electron chi connectivity index (χ1n) is 6.67. The van der Waals surface area contributed by atoms with Crippen molar-refractivity contribution in [2.45, 2.75) is 19.9 Å². The summed E-state index contributed by atoms with van der Waals surface area (Å²) in [6, 6.07) is 7.92. The minimum Gasteiger partial charge on any atom is -0.396 e. The van der Waals surface area contributed by atoms with Crippen molar-refractivity contribution in [1.82, 2.24) is 10.3 Å². The summed E-state index contributed by atoms with van der Waals surface area (Å²) in [5.74, 6) is -0.137. The zero-order chi connectivity index (χ0) is 14.8. The molecule has 3 heterocycles. The Balaban J connectivity index is 1.76. The van der Waals surface area contributed by atoms with Gasteiger partial charge in [0.25, 0.3) is 5.91 Å². The number of pyridine rings is 1. The van der Waals surface area contributed by atoms with E-state index < -0.39 is 0 Å². The van der Waals surface area contributed by atoms with Crippen LogP contribution in [0.1, 0.15) is 26.3 Å². The Morgan fingerprint density at radius 3 is 2.81 bits per heavy atom. The number of fused-ring (bicyclic) bond motifs is 1. The van der Waals surface area contributed by atoms with Crippen LogP contribution in [-0.2, 0) is 13.0 Å². The van der Waals surface area contributed by atoms with Gasteiger partial charge in [-0.25, -0.2) is 0 Å². The summed E-state index contributed by atoms with van der Waals surface area (Å²) in [6.45, 7) is 2.66. The molecule has 4 nitrogen and oxygen atoms in total. The third-order valence-electron chi connectivity index (χ3n) is 3.18. The Morgan fingerprint density at radius 1 is 1.29 bits per heavy atom. The molecule has 0 aromatic carbocycles. The maximum absolute atomic E-state index is 12.3. The molecule has 0 aliphatic rings. The van der Waals surface area contributed by atoms with Gasteiger partial charge < -0.3 is 11.1 Å². The number of amides is 1. The van der Waals surface area contributed by atoms with E-state index in [1.54, 1.807) is 17.5 Å². The van der Waals surface area contributed by atoms with E-state index in [1.807, 2.05) is 12.1 Å². The highest BCUT2D eigenvalue weighted by Gasteiger charge is 2.16. The average Bonchev–Trinajstić information content (AvgIpc) is 3.10. The molecule has 0 aliphatic carbocycles. The fraction of sp³-hybridized carbons (Fsp3) is 0.200. The lowest BCUT2D eigenvalue weighted by Crippen LogP contribution is -2.22. The van der Waals surface area contributed by atoms with Gasteiger partial charge in [0.2, 0.25) is 0 Å². The van der Waals surface area contributed by atoms with E-state index in [0.717, 1.165) is 16.0 Å². The predicted molar refractivity (Wildman–Crippen MR) is 88.9 cm³/mol. The standard InChI is InChI=1S/C15H15N3OS2/c1-2-9-5-6-10(20-9)8-18-15(19)14-12(16)13-11(21-14)4-3-7-17-13/h3-7H,2,8,16H2,1H3,(H,18,19).